The standard InChI is InChI=1S/C21H27N3O2S2/c1-16-6-8-17(9-7-16)23-21(26)15-27-14-20(25)22-13-18(19-5-4-12-28-19)24-10-2-3-11-24/h4-9,12,18H,2-3,10-11,13-15H2,1H3,(H,22,25)(H,23,26). The third kappa shape index (κ3) is 6.36. The van der Waals surface area contributed by atoms with Crippen LogP contribution in [0.15, 0.2) is 41.8 Å². The van der Waals surface area contributed by atoms with Gasteiger partial charge >= 0.3 is 0 Å². The lowest BCUT2D eigenvalue weighted by molar-refractivity contribution is -0.118. The molecular weight excluding hydrogens is 390 g/mol. The van der Waals surface area contributed by atoms with Crippen molar-refractivity contribution in [3.8, 4) is 0 Å². The molecule has 2 N–H and O–H groups in total. The van der Waals surface area contributed by atoms with Crippen molar-refractivity contribution in [2.24, 2.45) is 0 Å². The van der Waals surface area contributed by atoms with E-state index in [1.165, 1.54) is 29.5 Å². The topological polar surface area (TPSA) is 61.4 Å². The maximum atomic E-state index is 12.2. The summed E-state index contributed by atoms with van der Waals surface area (Å²) in [5.41, 5.74) is 1.93. The Morgan fingerprint density at radius 2 is 1.82 bits per heavy atom. The average Bonchev–Trinajstić information content (AvgIpc) is 3.38. The maximum Gasteiger partial charge on any atom is 0.234 e. The number of nitrogens with one attached hydrogen (secondary N) is 2. The molecule has 7 heteroatoms. The predicted octanol–water partition coefficient (Wildman–Crippen LogP) is 3.68. The second-order valence-electron chi connectivity index (χ2n) is 6.99. The van der Waals surface area contributed by atoms with Crippen LogP contribution in [0.4, 0.5) is 5.69 Å². The molecule has 0 aliphatic carbocycles. The van der Waals surface area contributed by atoms with Crippen molar-refractivity contribution in [3.63, 3.8) is 0 Å². The van der Waals surface area contributed by atoms with Gasteiger partial charge in [-0.05, 0) is 56.4 Å². The molecule has 1 unspecified atom stereocenters. The normalized spacial score (nSPS) is 15.3. The van der Waals surface area contributed by atoms with E-state index in [-0.39, 0.29) is 23.6 Å². The molecule has 1 aromatic carbocycles. The third-order valence-corrected chi connectivity index (χ3v) is 6.65. The van der Waals surface area contributed by atoms with Crippen LogP contribution < -0.4 is 10.6 Å². The molecule has 5 nitrogen and oxygen atoms in total. The molecule has 0 spiro atoms. The number of nitrogens with zero attached hydrogens (tertiary/aromatic N) is 1. The van der Waals surface area contributed by atoms with Crippen molar-refractivity contribution in [1.82, 2.24) is 10.2 Å². The number of likely N-dealkylation sites (tertiary alicyclic amines) is 1. The second-order valence-corrected chi connectivity index (χ2v) is 8.95. The van der Waals surface area contributed by atoms with Crippen molar-refractivity contribution in [1.29, 1.82) is 0 Å². The summed E-state index contributed by atoms with van der Waals surface area (Å²) in [5, 5.41) is 7.99. The number of thiophene rings is 1. The molecule has 28 heavy (non-hydrogen) atoms. The van der Waals surface area contributed by atoms with E-state index in [1.807, 2.05) is 31.2 Å². The number of hydrogen-bond acceptors (Lipinski definition) is 5. The molecule has 0 bridgehead atoms. The Hall–Kier alpha value is -1.83. The summed E-state index contributed by atoms with van der Waals surface area (Å²) in [6, 6.07) is 12.1. The fourth-order valence-electron chi connectivity index (χ4n) is 3.28. The van der Waals surface area contributed by atoms with Crippen LogP contribution in [0, 0.1) is 6.92 Å². The van der Waals surface area contributed by atoms with Crippen molar-refractivity contribution in [2.75, 3.05) is 36.5 Å². The highest BCUT2D eigenvalue weighted by Crippen LogP contribution is 2.27. The smallest absolute Gasteiger partial charge is 0.234 e. The molecule has 1 fully saturated rings. The number of amides is 2. The predicted molar refractivity (Wildman–Crippen MR) is 118 cm³/mol. The molecule has 1 aliphatic heterocycles. The van der Waals surface area contributed by atoms with Gasteiger partial charge in [0.2, 0.25) is 11.8 Å². The molecule has 0 saturated carbocycles. The van der Waals surface area contributed by atoms with Crippen molar-refractivity contribution < 1.29 is 9.59 Å². The Morgan fingerprint density at radius 1 is 1.11 bits per heavy atom. The SMILES string of the molecule is Cc1ccc(NC(=O)CSCC(=O)NCC(c2cccs2)N2CCCC2)cc1. The molecule has 1 atom stereocenters. The number of rotatable bonds is 9. The fraction of sp³-hybridized carbons (Fsp3) is 0.429. The molecule has 2 heterocycles. The van der Waals surface area contributed by atoms with E-state index in [0.717, 1.165) is 24.3 Å². The zero-order chi connectivity index (χ0) is 19.8. The highest BCUT2D eigenvalue weighted by molar-refractivity contribution is 8.00. The van der Waals surface area contributed by atoms with Crippen LogP contribution in [0.2, 0.25) is 0 Å². The van der Waals surface area contributed by atoms with E-state index >= 15 is 0 Å². The van der Waals surface area contributed by atoms with Crippen LogP contribution in [0.25, 0.3) is 0 Å². The van der Waals surface area contributed by atoms with Gasteiger partial charge in [0.05, 0.1) is 17.5 Å². The Kier molecular flexibility index (Phi) is 7.94. The van der Waals surface area contributed by atoms with Gasteiger partial charge in [-0.25, -0.2) is 0 Å². The van der Waals surface area contributed by atoms with E-state index in [2.05, 4.69) is 33.0 Å². The highest BCUT2D eigenvalue weighted by atomic mass is 32.2. The number of aryl methyl sites for hydroxylation is 1. The molecule has 2 amide bonds. The van der Waals surface area contributed by atoms with Gasteiger partial charge in [0.1, 0.15) is 0 Å². The van der Waals surface area contributed by atoms with Crippen LogP contribution >= 0.6 is 23.1 Å². The first-order valence-electron chi connectivity index (χ1n) is 9.60. The maximum absolute atomic E-state index is 12.2. The van der Waals surface area contributed by atoms with Gasteiger partial charge in [0.25, 0.3) is 0 Å². The van der Waals surface area contributed by atoms with E-state index in [0.29, 0.717) is 12.3 Å². The van der Waals surface area contributed by atoms with E-state index < -0.39 is 0 Å². The van der Waals surface area contributed by atoms with Gasteiger partial charge in [0, 0.05) is 17.1 Å². The molecule has 0 radical (unpaired) electrons. The first-order valence-corrected chi connectivity index (χ1v) is 11.6. The second kappa shape index (κ2) is 10.6. The van der Waals surface area contributed by atoms with Gasteiger partial charge in [0.15, 0.2) is 0 Å². The third-order valence-electron chi connectivity index (χ3n) is 4.75. The number of hydrogen-bond donors (Lipinski definition) is 2. The van der Waals surface area contributed by atoms with Crippen molar-refractivity contribution >= 4 is 40.6 Å². The fourth-order valence-corrected chi connectivity index (χ4v) is 4.78. The minimum absolute atomic E-state index is 0.0195. The molecule has 150 valence electrons. The van der Waals surface area contributed by atoms with Gasteiger partial charge < -0.3 is 10.6 Å². The van der Waals surface area contributed by atoms with E-state index in [1.54, 1.807) is 11.3 Å². The molecular formula is C21H27N3O2S2. The lowest BCUT2D eigenvalue weighted by Crippen LogP contribution is -2.37. The number of thioether (sulfide) groups is 1. The zero-order valence-corrected chi connectivity index (χ0v) is 17.8. The molecule has 3 rings (SSSR count). The number of anilines is 1. The first-order chi connectivity index (χ1) is 13.6. The van der Waals surface area contributed by atoms with E-state index in [9.17, 15) is 9.59 Å². The lowest BCUT2D eigenvalue weighted by Gasteiger charge is -2.26. The van der Waals surface area contributed by atoms with Gasteiger partial charge in [-0.15, -0.1) is 23.1 Å². The molecule has 1 saturated heterocycles. The Morgan fingerprint density at radius 3 is 2.50 bits per heavy atom. The quantitative estimate of drug-likeness (QED) is 0.653. The van der Waals surface area contributed by atoms with Gasteiger partial charge in [-0.3, -0.25) is 14.5 Å². The first kappa shape index (κ1) is 20.9. The summed E-state index contributed by atoms with van der Waals surface area (Å²) < 4.78 is 0. The lowest BCUT2D eigenvalue weighted by atomic mass is 10.2. The summed E-state index contributed by atoms with van der Waals surface area (Å²) in [4.78, 5) is 28.0. The van der Waals surface area contributed by atoms with Crippen molar-refractivity contribution in [3.05, 3.63) is 52.2 Å². The zero-order valence-electron chi connectivity index (χ0n) is 16.1. The summed E-state index contributed by atoms with van der Waals surface area (Å²) in [5.74, 6) is 0.448. The van der Waals surface area contributed by atoms with Crippen LogP contribution in [0.1, 0.15) is 29.3 Å². The van der Waals surface area contributed by atoms with E-state index in [4.69, 9.17) is 0 Å². The monoisotopic (exact) mass is 417 g/mol. The van der Waals surface area contributed by atoms with Crippen LogP contribution in [0.5, 0.6) is 0 Å². The molecule has 1 aliphatic rings. The minimum Gasteiger partial charge on any atom is -0.353 e. The minimum atomic E-state index is -0.0878. The Balaban J connectivity index is 1.38. The Labute approximate surface area is 174 Å². The van der Waals surface area contributed by atoms with Gasteiger partial charge in [-0.1, -0.05) is 23.8 Å². The summed E-state index contributed by atoms with van der Waals surface area (Å²) in [7, 11) is 0. The summed E-state index contributed by atoms with van der Waals surface area (Å²) in [6.45, 7) is 4.81. The van der Waals surface area contributed by atoms with Crippen molar-refractivity contribution in [2.45, 2.75) is 25.8 Å². The number of carbonyl (C=O) groups excluding carboxylic acids is 2. The van der Waals surface area contributed by atoms with Crippen LogP contribution in [0.3, 0.4) is 0 Å². The average molecular weight is 418 g/mol. The van der Waals surface area contributed by atoms with Gasteiger partial charge in [-0.2, -0.15) is 0 Å². The number of carbonyl (C=O) groups is 2. The van der Waals surface area contributed by atoms with Crippen LogP contribution in [-0.2, 0) is 9.59 Å². The van der Waals surface area contributed by atoms with Crippen LogP contribution in [-0.4, -0.2) is 47.9 Å². The number of benzene rings is 1. The Bertz CT molecular complexity index is 756. The summed E-state index contributed by atoms with van der Waals surface area (Å²) in [6.07, 6.45) is 2.45. The highest BCUT2D eigenvalue weighted by Gasteiger charge is 2.24. The largest absolute Gasteiger partial charge is 0.353 e. The molecule has 2 aromatic rings. The summed E-state index contributed by atoms with van der Waals surface area (Å²) >= 11 is 3.08. The molecule has 1 aromatic heterocycles.